The Kier molecular flexibility index (Phi) is 8.08. The molecule has 0 bridgehead atoms. The van der Waals surface area contributed by atoms with Crippen molar-refractivity contribution in [3.05, 3.63) is 94.0 Å². The number of piperidine rings is 1. The van der Waals surface area contributed by atoms with E-state index < -0.39 is 0 Å². The van der Waals surface area contributed by atoms with Gasteiger partial charge in [0, 0.05) is 49.9 Å². The highest BCUT2D eigenvalue weighted by Crippen LogP contribution is 2.31. The van der Waals surface area contributed by atoms with Gasteiger partial charge in [-0.15, -0.1) is 11.3 Å². The Hall–Kier alpha value is -4.36. The minimum Gasteiger partial charge on any atom is -0.338 e. The number of thiazole rings is 1. The highest BCUT2D eigenvalue weighted by Gasteiger charge is 2.29. The highest BCUT2D eigenvalue weighted by molar-refractivity contribution is 7.09. The zero-order valence-electron chi connectivity index (χ0n) is 21.7. The van der Waals surface area contributed by atoms with Gasteiger partial charge in [0.1, 0.15) is 5.69 Å². The number of carbonyl (C=O) groups is 2. The molecule has 2 amide bonds. The standard InChI is InChI=1S/C29H29N7O2S/c1-21-25(18-32-36(21)24-8-3-2-4-9-24)28(37)34-15-10-23(11-16-34)27-33-26(20-39-27)29(38)35(14-6-12-30)19-22-7-5-13-31-17-22/h2-5,7-9,13,17-18,20,23H,6,10-11,14-16,19H2,1H3. The Morgan fingerprint density at radius 1 is 1.13 bits per heavy atom. The van der Waals surface area contributed by atoms with E-state index in [9.17, 15) is 9.59 Å². The van der Waals surface area contributed by atoms with Crippen LogP contribution >= 0.6 is 11.3 Å². The van der Waals surface area contributed by atoms with Crippen LogP contribution in [-0.2, 0) is 6.54 Å². The number of likely N-dealkylation sites (tertiary alicyclic amines) is 1. The molecule has 5 rings (SSSR count). The lowest BCUT2D eigenvalue weighted by molar-refractivity contribution is 0.0712. The predicted octanol–water partition coefficient (Wildman–Crippen LogP) is 4.61. The Labute approximate surface area is 231 Å². The number of hydrogen-bond acceptors (Lipinski definition) is 7. The first-order chi connectivity index (χ1) is 19.0. The Morgan fingerprint density at radius 2 is 1.92 bits per heavy atom. The summed E-state index contributed by atoms with van der Waals surface area (Å²) >= 11 is 1.49. The third-order valence-electron chi connectivity index (χ3n) is 6.99. The molecule has 198 valence electrons. The summed E-state index contributed by atoms with van der Waals surface area (Å²) < 4.78 is 1.79. The van der Waals surface area contributed by atoms with E-state index in [4.69, 9.17) is 10.2 Å². The average molecular weight is 540 g/mol. The van der Waals surface area contributed by atoms with Crippen LogP contribution in [0.15, 0.2) is 66.4 Å². The minimum absolute atomic E-state index is 0.00771. The molecule has 4 aromatic rings. The van der Waals surface area contributed by atoms with Gasteiger partial charge in [-0.2, -0.15) is 10.4 Å². The molecular weight excluding hydrogens is 510 g/mol. The molecule has 0 N–H and O–H groups in total. The predicted molar refractivity (Wildman–Crippen MR) is 148 cm³/mol. The topological polar surface area (TPSA) is 108 Å². The number of pyridine rings is 1. The molecule has 1 fully saturated rings. The minimum atomic E-state index is -0.185. The smallest absolute Gasteiger partial charge is 0.273 e. The van der Waals surface area contributed by atoms with E-state index in [2.05, 4.69) is 16.2 Å². The van der Waals surface area contributed by atoms with E-state index >= 15 is 0 Å². The molecule has 1 aliphatic rings. The molecule has 1 aromatic carbocycles. The maximum absolute atomic E-state index is 13.3. The monoisotopic (exact) mass is 539 g/mol. The largest absolute Gasteiger partial charge is 0.338 e. The summed E-state index contributed by atoms with van der Waals surface area (Å²) in [4.78, 5) is 38.9. The molecule has 9 nitrogen and oxygen atoms in total. The second kappa shape index (κ2) is 12.0. The van der Waals surface area contributed by atoms with Gasteiger partial charge in [-0.3, -0.25) is 14.6 Å². The summed E-state index contributed by atoms with van der Waals surface area (Å²) in [6.07, 6.45) is 6.88. The van der Waals surface area contributed by atoms with Crippen molar-refractivity contribution in [2.45, 2.75) is 38.6 Å². The van der Waals surface area contributed by atoms with E-state index in [0.717, 1.165) is 34.8 Å². The number of nitriles is 1. The average Bonchev–Trinajstić information content (AvgIpc) is 3.63. The van der Waals surface area contributed by atoms with Crippen molar-refractivity contribution in [2.75, 3.05) is 19.6 Å². The third kappa shape index (κ3) is 5.89. The fourth-order valence-electron chi connectivity index (χ4n) is 4.83. The molecule has 0 radical (unpaired) electrons. The molecule has 0 aliphatic carbocycles. The lowest BCUT2D eigenvalue weighted by Crippen LogP contribution is -2.38. The van der Waals surface area contributed by atoms with Crippen LogP contribution in [0.3, 0.4) is 0 Å². The summed E-state index contributed by atoms with van der Waals surface area (Å²) in [5, 5.41) is 16.2. The molecule has 1 saturated heterocycles. The first kappa shape index (κ1) is 26.3. The van der Waals surface area contributed by atoms with Gasteiger partial charge in [0.2, 0.25) is 0 Å². The van der Waals surface area contributed by atoms with Gasteiger partial charge in [-0.05, 0) is 43.5 Å². The van der Waals surface area contributed by atoms with Crippen LogP contribution in [0.25, 0.3) is 5.69 Å². The number of carbonyl (C=O) groups excluding carboxylic acids is 2. The molecule has 4 heterocycles. The molecule has 0 atom stereocenters. The van der Waals surface area contributed by atoms with Gasteiger partial charge in [0.05, 0.1) is 40.6 Å². The summed E-state index contributed by atoms with van der Waals surface area (Å²) in [6.45, 7) is 3.87. The number of rotatable bonds is 8. The van der Waals surface area contributed by atoms with Crippen LogP contribution in [0, 0.1) is 18.3 Å². The van der Waals surface area contributed by atoms with Crippen molar-refractivity contribution in [3.8, 4) is 11.8 Å². The first-order valence-corrected chi connectivity index (χ1v) is 13.8. The number of benzene rings is 1. The van der Waals surface area contributed by atoms with E-state index in [1.54, 1.807) is 33.6 Å². The zero-order chi connectivity index (χ0) is 27.2. The van der Waals surface area contributed by atoms with Gasteiger partial charge in [0.25, 0.3) is 11.8 Å². The molecule has 0 unspecified atom stereocenters. The second-order valence-corrected chi connectivity index (χ2v) is 10.4. The normalized spacial score (nSPS) is 13.7. The van der Waals surface area contributed by atoms with Crippen LogP contribution in [0.2, 0.25) is 0 Å². The van der Waals surface area contributed by atoms with Crippen LogP contribution in [-0.4, -0.2) is 61.0 Å². The van der Waals surface area contributed by atoms with Gasteiger partial charge in [0.15, 0.2) is 0 Å². The first-order valence-electron chi connectivity index (χ1n) is 12.9. The van der Waals surface area contributed by atoms with E-state index in [-0.39, 0.29) is 24.2 Å². The van der Waals surface area contributed by atoms with Crippen molar-refractivity contribution in [3.63, 3.8) is 0 Å². The molecule has 0 spiro atoms. The van der Waals surface area contributed by atoms with E-state index in [1.807, 2.05) is 54.3 Å². The Bertz CT molecular complexity index is 1470. The quantitative estimate of drug-likeness (QED) is 0.324. The molecular formula is C29H29N7O2S. The van der Waals surface area contributed by atoms with Crippen LogP contribution < -0.4 is 0 Å². The van der Waals surface area contributed by atoms with Crippen LogP contribution in [0.1, 0.15) is 62.3 Å². The van der Waals surface area contributed by atoms with Gasteiger partial charge < -0.3 is 9.80 Å². The van der Waals surface area contributed by atoms with Crippen LogP contribution in [0.4, 0.5) is 0 Å². The van der Waals surface area contributed by atoms with Gasteiger partial charge >= 0.3 is 0 Å². The summed E-state index contributed by atoms with van der Waals surface area (Å²) in [7, 11) is 0. The lowest BCUT2D eigenvalue weighted by Gasteiger charge is -2.31. The van der Waals surface area contributed by atoms with Gasteiger partial charge in [-0.25, -0.2) is 9.67 Å². The van der Waals surface area contributed by atoms with Gasteiger partial charge in [-0.1, -0.05) is 24.3 Å². The third-order valence-corrected chi connectivity index (χ3v) is 8.00. The Balaban J connectivity index is 1.21. The summed E-state index contributed by atoms with van der Waals surface area (Å²) in [5.74, 6) is 0.00131. The fraction of sp³-hybridized carbons (Fsp3) is 0.310. The number of amides is 2. The van der Waals surface area contributed by atoms with Crippen molar-refractivity contribution < 1.29 is 9.59 Å². The fourth-order valence-corrected chi connectivity index (χ4v) is 5.80. The Morgan fingerprint density at radius 3 is 2.64 bits per heavy atom. The molecule has 39 heavy (non-hydrogen) atoms. The van der Waals surface area contributed by atoms with E-state index in [0.29, 0.717) is 37.4 Å². The molecule has 0 saturated carbocycles. The SMILES string of the molecule is Cc1c(C(=O)N2CCC(c3nc(C(=O)N(CCC#N)Cc4cccnc4)cs3)CC2)cnn1-c1ccccc1. The van der Waals surface area contributed by atoms with E-state index in [1.165, 1.54) is 11.3 Å². The van der Waals surface area contributed by atoms with Crippen molar-refractivity contribution >= 4 is 23.2 Å². The van der Waals surface area contributed by atoms with Crippen LogP contribution in [0.5, 0.6) is 0 Å². The summed E-state index contributed by atoms with van der Waals surface area (Å²) in [5.41, 5.74) is 3.67. The zero-order valence-corrected chi connectivity index (χ0v) is 22.5. The maximum Gasteiger partial charge on any atom is 0.273 e. The number of para-hydroxylation sites is 1. The van der Waals surface area contributed by atoms with Crippen molar-refractivity contribution in [1.82, 2.24) is 29.5 Å². The van der Waals surface area contributed by atoms with Crippen molar-refractivity contribution in [1.29, 1.82) is 5.26 Å². The maximum atomic E-state index is 13.3. The highest BCUT2D eigenvalue weighted by atomic mass is 32.1. The summed E-state index contributed by atoms with van der Waals surface area (Å²) in [6, 6.07) is 15.6. The molecule has 3 aromatic heterocycles. The molecule has 10 heteroatoms. The number of hydrogen-bond donors (Lipinski definition) is 0. The molecule has 1 aliphatic heterocycles. The van der Waals surface area contributed by atoms with Crippen molar-refractivity contribution in [2.24, 2.45) is 0 Å². The second-order valence-electron chi connectivity index (χ2n) is 9.52. The number of aromatic nitrogens is 4. The lowest BCUT2D eigenvalue weighted by atomic mass is 9.97. The number of nitrogens with zero attached hydrogens (tertiary/aromatic N) is 7.